The molecule has 1 rings (SSSR count). The van der Waals surface area contributed by atoms with Gasteiger partial charge in [-0.1, -0.05) is 6.07 Å². The van der Waals surface area contributed by atoms with Crippen molar-refractivity contribution in [2.75, 3.05) is 6.54 Å². The third kappa shape index (κ3) is 7.06. The highest BCUT2D eigenvalue weighted by Gasteiger charge is 2.37. The van der Waals surface area contributed by atoms with Gasteiger partial charge in [-0.2, -0.15) is 13.2 Å². The van der Waals surface area contributed by atoms with Crippen LogP contribution in [0.1, 0.15) is 54.8 Å². The number of nitrogens with one attached hydrogen (secondary N) is 1. The zero-order valence-electron chi connectivity index (χ0n) is 15.0. The lowest BCUT2D eigenvalue weighted by Crippen LogP contribution is -2.35. The van der Waals surface area contributed by atoms with E-state index in [4.69, 9.17) is 9.84 Å². The highest BCUT2D eigenvalue weighted by molar-refractivity contribution is 5.88. The highest BCUT2D eigenvalue weighted by atomic mass is 19.4. The van der Waals surface area contributed by atoms with Crippen LogP contribution in [0.25, 0.3) is 0 Å². The number of alkyl halides is 3. The maximum Gasteiger partial charge on any atom is 0.416 e. The van der Waals surface area contributed by atoms with E-state index in [9.17, 15) is 33.0 Å². The topological polar surface area (TPSA) is 116 Å². The Kier molecular flexibility index (Phi) is 7.21. The van der Waals surface area contributed by atoms with Crippen LogP contribution in [0.3, 0.4) is 0 Å². The van der Waals surface area contributed by atoms with Gasteiger partial charge in [0.25, 0.3) is 0 Å². The smallest absolute Gasteiger partial charge is 0.416 e. The molecule has 0 radical (unpaired) electrons. The fraction of sp³-hybridized carbons (Fsp3) is 0.529. The average Bonchev–Trinajstić information content (AvgIpc) is 2.50. The summed E-state index contributed by atoms with van der Waals surface area (Å²) in [6.07, 6.45) is -9.50. The summed E-state index contributed by atoms with van der Waals surface area (Å²) in [5.41, 5.74) is -3.35. The lowest BCUT2D eigenvalue weighted by Gasteiger charge is -2.23. The van der Waals surface area contributed by atoms with Crippen LogP contribution in [0.15, 0.2) is 18.2 Å². The fourth-order valence-electron chi connectivity index (χ4n) is 2.19. The number of alkyl carbamates (subject to hydrolysis) is 1. The van der Waals surface area contributed by atoms with Crippen molar-refractivity contribution in [3.8, 4) is 0 Å². The van der Waals surface area contributed by atoms with Crippen LogP contribution in [-0.2, 0) is 10.9 Å². The number of hydrogen-bond donors (Lipinski definition) is 4. The molecule has 0 aromatic heterocycles. The van der Waals surface area contributed by atoms with Crippen molar-refractivity contribution < 1.29 is 42.8 Å². The molecule has 0 saturated heterocycles. The van der Waals surface area contributed by atoms with E-state index in [-0.39, 0.29) is 13.0 Å². The molecule has 0 bridgehead atoms. The number of hydrogen-bond acceptors (Lipinski definition) is 5. The molecule has 10 heteroatoms. The Balaban J connectivity index is 2.84. The molecule has 0 fully saturated rings. The Morgan fingerprint density at radius 3 is 2.26 bits per heavy atom. The summed E-state index contributed by atoms with van der Waals surface area (Å²) < 4.78 is 44.5. The molecule has 2 unspecified atom stereocenters. The first-order chi connectivity index (χ1) is 12.2. The highest BCUT2D eigenvalue weighted by Crippen LogP contribution is 2.36. The second kappa shape index (κ2) is 8.57. The van der Waals surface area contributed by atoms with Crippen molar-refractivity contribution in [2.45, 2.75) is 51.2 Å². The van der Waals surface area contributed by atoms with E-state index in [1.165, 1.54) is 0 Å². The van der Waals surface area contributed by atoms with Gasteiger partial charge in [-0.15, -0.1) is 0 Å². The number of carboxylic acid groups (broad SMARTS) is 1. The van der Waals surface area contributed by atoms with E-state index < -0.39 is 52.7 Å². The first kappa shape index (κ1) is 22.7. The van der Waals surface area contributed by atoms with Gasteiger partial charge >= 0.3 is 18.2 Å². The molecule has 1 aromatic carbocycles. The summed E-state index contributed by atoms with van der Waals surface area (Å²) in [4.78, 5) is 22.4. The molecule has 4 N–H and O–H groups in total. The summed E-state index contributed by atoms with van der Waals surface area (Å²) >= 11 is 0. The second-order valence-electron chi connectivity index (χ2n) is 6.83. The van der Waals surface area contributed by atoms with Gasteiger partial charge < -0.3 is 25.4 Å². The van der Waals surface area contributed by atoms with Crippen molar-refractivity contribution >= 4 is 12.1 Å². The molecule has 0 aliphatic carbocycles. The van der Waals surface area contributed by atoms with Crippen molar-refractivity contribution in [1.29, 1.82) is 0 Å². The van der Waals surface area contributed by atoms with Gasteiger partial charge in [-0.05, 0) is 44.9 Å². The summed E-state index contributed by atoms with van der Waals surface area (Å²) in [7, 11) is 0. The SMILES string of the molecule is CC(C)(C)OC(=O)NCCC(O)C(O)c1ccc(C(=O)O)cc1C(F)(F)F. The van der Waals surface area contributed by atoms with E-state index in [1.54, 1.807) is 20.8 Å². The molecule has 0 spiro atoms. The zero-order chi connectivity index (χ0) is 21.0. The Labute approximate surface area is 153 Å². The lowest BCUT2D eigenvalue weighted by atomic mass is 9.95. The molecule has 27 heavy (non-hydrogen) atoms. The van der Waals surface area contributed by atoms with Crippen LogP contribution in [0.5, 0.6) is 0 Å². The summed E-state index contributed by atoms with van der Waals surface area (Å²) in [5.74, 6) is -1.55. The van der Waals surface area contributed by atoms with E-state index >= 15 is 0 Å². The monoisotopic (exact) mass is 393 g/mol. The van der Waals surface area contributed by atoms with Crippen LogP contribution in [0, 0.1) is 0 Å². The van der Waals surface area contributed by atoms with Gasteiger partial charge in [0.05, 0.1) is 17.2 Å². The Morgan fingerprint density at radius 2 is 1.78 bits per heavy atom. The molecule has 1 amide bonds. The van der Waals surface area contributed by atoms with Crippen LogP contribution in [-0.4, -0.2) is 45.6 Å². The van der Waals surface area contributed by atoms with Crippen molar-refractivity contribution in [3.63, 3.8) is 0 Å². The predicted molar refractivity (Wildman–Crippen MR) is 88.2 cm³/mol. The second-order valence-corrected chi connectivity index (χ2v) is 6.83. The minimum absolute atomic E-state index is 0.151. The number of amides is 1. The van der Waals surface area contributed by atoms with Gasteiger partial charge in [-0.25, -0.2) is 9.59 Å². The number of carbonyl (C=O) groups excluding carboxylic acids is 1. The summed E-state index contributed by atoms with van der Waals surface area (Å²) in [6, 6.07) is 2.11. The molecule has 1 aromatic rings. The fourth-order valence-corrected chi connectivity index (χ4v) is 2.19. The van der Waals surface area contributed by atoms with E-state index in [2.05, 4.69) is 5.32 Å². The molecule has 0 aliphatic heterocycles. The number of carbonyl (C=O) groups is 2. The molecule has 7 nitrogen and oxygen atoms in total. The molecule has 0 heterocycles. The Bertz CT molecular complexity index is 684. The van der Waals surface area contributed by atoms with Gasteiger partial charge in [0.1, 0.15) is 11.7 Å². The Hall–Kier alpha value is -2.33. The number of carboxylic acids is 1. The number of halogens is 3. The number of ether oxygens (including phenoxy) is 1. The van der Waals surface area contributed by atoms with Crippen LogP contribution >= 0.6 is 0 Å². The Morgan fingerprint density at radius 1 is 1.19 bits per heavy atom. The maximum atomic E-state index is 13.2. The third-order valence-electron chi connectivity index (χ3n) is 3.40. The zero-order valence-corrected chi connectivity index (χ0v) is 15.0. The normalized spacial score (nSPS) is 14.4. The van der Waals surface area contributed by atoms with Crippen molar-refractivity contribution in [3.05, 3.63) is 34.9 Å². The van der Waals surface area contributed by atoms with Crippen molar-refractivity contribution in [2.24, 2.45) is 0 Å². The van der Waals surface area contributed by atoms with Gasteiger partial charge in [0.15, 0.2) is 0 Å². The number of benzene rings is 1. The minimum Gasteiger partial charge on any atom is -0.478 e. The summed E-state index contributed by atoms with van der Waals surface area (Å²) in [6.45, 7) is 4.78. The van der Waals surface area contributed by atoms with E-state index in [0.29, 0.717) is 6.07 Å². The average molecular weight is 393 g/mol. The van der Waals surface area contributed by atoms with E-state index in [0.717, 1.165) is 12.1 Å². The number of aliphatic hydroxyl groups excluding tert-OH is 2. The quantitative estimate of drug-likeness (QED) is 0.591. The molecule has 0 aliphatic rings. The number of aliphatic hydroxyl groups is 2. The largest absolute Gasteiger partial charge is 0.478 e. The first-order valence-corrected chi connectivity index (χ1v) is 8.00. The maximum absolute atomic E-state index is 13.2. The molecular weight excluding hydrogens is 371 g/mol. The van der Waals surface area contributed by atoms with Gasteiger partial charge in [0, 0.05) is 6.54 Å². The van der Waals surface area contributed by atoms with Gasteiger partial charge in [0.2, 0.25) is 0 Å². The predicted octanol–water partition coefficient (Wildman–Crippen LogP) is 2.71. The van der Waals surface area contributed by atoms with Crippen LogP contribution in [0.2, 0.25) is 0 Å². The van der Waals surface area contributed by atoms with Crippen molar-refractivity contribution in [1.82, 2.24) is 5.32 Å². The summed E-state index contributed by atoms with van der Waals surface area (Å²) in [5, 5.41) is 31.2. The third-order valence-corrected chi connectivity index (χ3v) is 3.40. The van der Waals surface area contributed by atoms with Gasteiger partial charge in [-0.3, -0.25) is 0 Å². The van der Waals surface area contributed by atoms with Crippen LogP contribution in [0.4, 0.5) is 18.0 Å². The standard InChI is InChI=1S/C17H22F3NO6/c1-16(2,3)27-15(26)21-7-6-12(22)13(23)10-5-4-9(14(24)25)8-11(10)17(18,19)20/h4-5,8,12-13,22-23H,6-7H2,1-3H3,(H,21,26)(H,24,25). The van der Waals surface area contributed by atoms with Crippen LogP contribution < -0.4 is 5.32 Å². The molecule has 152 valence electrons. The number of rotatable bonds is 6. The molecule has 0 saturated carbocycles. The van der Waals surface area contributed by atoms with E-state index in [1.807, 2.05) is 0 Å². The minimum atomic E-state index is -4.92. The molecular formula is C17H22F3NO6. The first-order valence-electron chi connectivity index (χ1n) is 8.00. The lowest BCUT2D eigenvalue weighted by molar-refractivity contribution is -0.140. The number of aromatic carboxylic acids is 1. The molecule has 2 atom stereocenters.